The van der Waals surface area contributed by atoms with Crippen molar-refractivity contribution in [2.24, 2.45) is 0 Å². The summed E-state index contributed by atoms with van der Waals surface area (Å²) in [7, 11) is -0.594. The predicted octanol–water partition coefficient (Wildman–Crippen LogP) is 3.15. The van der Waals surface area contributed by atoms with E-state index >= 15 is 0 Å². The van der Waals surface area contributed by atoms with Crippen LogP contribution < -0.4 is 9.47 Å². The van der Waals surface area contributed by atoms with E-state index in [2.05, 4.69) is 0 Å². The van der Waals surface area contributed by atoms with Crippen LogP contribution in [0.3, 0.4) is 0 Å². The lowest BCUT2D eigenvalue weighted by molar-refractivity contribution is 0.319. The van der Waals surface area contributed by atoms with E-state index in [-0.39, 0.29) is 10.9 Å². The Labute approximate surface area is 147 Å². The molecule has 0 aliphatic carbocycles. The Bertz CT molecular complexity index is 881. The van der Waals surface area contributed by atoms with Crippen LogP contribution in [0.5, 0.6) is 11.5 Å². The van der Waals surface area contributed by atoms with E-state index in [1.165, 1.54) is 16.4 Å². The summed E-state index contributed by atoms with van der Waals surface area (Å²) in [6.07, 6.45) is 0.570. The van der Waals surface area contributed by atoms with Gasteiger partial charge in [-0.15, -0.1) is 0 Å². The summed E-state index contributed by atoms with van der Waals surface area (Å²) in [5, 5.41) is 0. The highest BCUT2D eigenvalue weighted by molar-refractivity contribution is 7.89. The van der Waals surface area contributed by atoms with Gasteiger partial charge in [0.15, 0.2) is 11.5 Å². The van der Waals surface area contributed by atoms with Gasteiger partial charge in [-0.25, -0.2) is 12.8 Å². The first-order valence-electron chi connectivity index (χ1n) is 7.90. The van der Waals surface area contributed by atoms with Crippen LogP contribution in [-0.2, 0) is 16.4 Å². The number of hydrogen-bond acceptors (Lipinski definition) is 4. The van der Waals surface area contributed by atoms with E-state index in [0.717, 1.165) is 23.3 Å². The number of hydrogen-bond donors (Lipinski definition) is 0. The van der Waals surface area contributed by atoms with Gasteiger partial charge in [0.2, 0.25) is 10.0 Å². The Morgan fingerprint density at radius 1 is 1.08 bits per heavy atom. The molecule has 0 amide bonds. The van der Waals surface area contributed by atoms with Gasteiger partial charge >= 0.3 is 0 Å². The van der Waals surface area contributed by atoms with Crippen LogP contribution in [0.15, 0.2) is 41.3 Å². The number of rotatable bonds is 4. The number of nitrogens with zero attached hydrogens (tertiary/aromatic N) is 1. The number of ether oxygens (including phenoxy) is 2. The van der Waals surface area contributed by atoms with E-state index < -0.39 is 15.8 Å². The molecule has 3 rings (SSSR count). The smallest absolute Gasteiger partial charge is 0.243 e. The lowest BCUT2D eigenvalue weighted by Crippen LogP contribution is -2.38. The van der Waals surface area contributed by atoms with Crippen molar-refractivity contribution in [3.63, 3.8) is 0 Å². The second kappa shape index (κ2) is 6.65. The molecule has 0 N–H and O–H groups in total. The lowest BCUT2D eigenvalue weighted by atomic mass is 9.94. The van der Waals surface area contributed by atoms with Gasteiger partial charge in [-0.05, 0) is 60.9 Å². The summed E-state index contributed by atoms with van der Waals surface area (Å²) in [6.45, 7) is 2.19. The third kappa shape index (κ3) is 3.09. The Morgan fingerprint density at radius 3 is 2.28 bits per heavy atom. The van der Waals surface area contributed by atoms with Crippen molar-refractivity contribution in [1.29, 1.82) is 0 Å². The van der Waals surface area contributed by atoms with Gasteiger partial charge in [0, 0.05) is 12.6 Å². The normalized spacial score (nSPS) is 17.8. The van der Waals surface area contributed by atoms with Crippen molar-refractivity contribution in [3.8, 4) is 11.5 Å². The minimum absolute atomic E-state index is 0.0877. The summed E-state index contributed by atoms with van der Waals surface area (Å²) >= 11 is 0. The third-order valence-corrected chi connectivity index (χ3v) is 6.53. The van der Waals surface area contributed by atoms with Crippen LogP contribution in [-0.4, -0.2) is 33.5 Å². The molecule has 1 heterocycles. The first kappa shape index (κ1) is 17.7. The highest BCUT2D eigenvalue weighted by atomic mass is 32.2. The van der Waals surface area contributed by atoms with Crippen molar-refractivity contribution in [2.75, 3.05) is 20.8 Å². The summed E-state index contributed by atoms with van der Waals surface area (Å²) in [6, 6.07) is 8.26. The minimum Gasteiger partial charge on any atom is -0.493 e. The molecular formula is C18H20FNO4S. The van der Waals surface area contributed by atoms with Crippen LogP contribution in [0.1, 0.15) is 24.1 Å². The maximum atomic E-state index is 13.1. The van der Waals surface area contributed by atoms with Crippen LogP contribution in [0.2, 0.25) is 0 Å². The standard InChI is InChI=1S/C18H20FNO4S/c1-12-16-11-18(24-3)17(23-2)10-13(16)8-9-20(12)25(21,22)15-6-4-14(19)5-7-15/h4-7,10-12H,8-9H2,1-3H3. The zero-order valence-corrected chi connectivity index (χ0v) is 15.1. The minimum atomic E-state index is -3.71. The molecule has 0 saturated carbocycles. The van der Waals surface area contributed by atoms with E-state index in [1.807, 2.05) is 19.1 Å². The lowest BCUT2D eigenvalue weighted by Gasteiger charge is -2.34. The number of benzene rings is 2. The molecule has 2 aromatic carbocycles. The Morgan fingerprint density at radius 2 is 1.68 bits per heavy atom. The summed E-state index contributed by atoms with van der Waals surface area (Å²) in [5.74, 6) is 0.727. The van der Waals surface area contributed by atoms with E-state index in [0.29, 0.717) is 24.5 Å². The van der Waals surface area contributed by atoms with Gasteiger partial charge in [0.05, 0.1) is 19.1 Å². The van der Waals surface area contributed by atoms with E-state index in [9.17, 15) is 12.8 Å². The molecule has 0 radical (unpaired) electrons. The molecule has 7 heteroatoms. The molecule has 0 bridgehead atoms. The average molecular weight is 365 g/mol. The van der Waals surface area contributed by atoms with Crippen LogP contribution in [0.25, 0.3) is 0 Å². The molecule has 0 aromatic heterocycles. The van der Waals surface area contributed by atoms with E-state index in [1.54, 1.807) is 14.2 Å². The topological polar surface area (TPSA) is 55.8 Å². The first-order valence-corrected chi connectivity index (χ1v) is 9.34. The van der Waals surface area contributed by atoms with Gasteiger partial charge in [-0.3, -0.25) is 0 Å². The number of fused-ring (bicyclic) bond motifs is 1. The van der Waals surface area contributed by atoms with Gasteiger partial charge in [-0.2, -0.15) is 4.31 Å². The maximum Gasteiger partial charge on any atom is 0.243 e. The molecule has 0 saturated heterocycles. The van der Waals surface area contributed by atoms with Crippen LogP contribution >= 0.6 is 0 Å². The predicted molar refractivity (Wildman–Crippen MR) is 92.0 cm³/mol. The highest BCUT2D eigenvalue weighted by Gasteiger charge is 2.34. The van der Waals surface area contributed by atoms with Gasteiger partial charge < -0.3 is 9.47 Å². The quantitative estimate of drug-likeness (QED) is 0.835. The molecule has 5 nitrogen and oxygen atoms in total. The summed E-state index contributed by atoms with van der Waals surface area (Å²) in [4.78, 5) is 0.0877. The number of methoxy groups -OCH3 is 2. The van der Waals surface area contributed by atoms with Gasteiger partial charge in [0.25, 0.3) is 0 Å². The molecule has 1 aliphatic heterocycles. The van der Waals surface area contributed by atoms with Crippen molar-refractivity contribution in [2.45, 2.75) is 24.3 Å². The molecule has 0 spiro atoms. The fourth-order valence-electron chi connectivity index (χ4n) is 3.19. The molecule has 2 aromatic rings. The Balaban J connectivity index is 2.01. The van der Waals surface area contributed by atoms with Crippen LogP contribution in [0.4, 0.5) is 4.39 Å². The second-order valence-corrected chi connectivity index (χ2v) is 7.79. The number of halogens is 1. The zero-order chi connectivity index (χ0) is 18.2. The molecule has 1 unspecified atom stereocenters. The third-order valence-electron chi connectivity index (χ3n) is 4.55. The van der Waals surface area contributed by atoms with Crippen molar-refractivity contribution < 1.29 is 22.3 Å². The van der Waals surface area contributed by atoms with Crippen LogP contribution in [0, 0.1) is 5.82 Å². The Hall–Kier alpha value is -2.12. The molecule has 25 heavy (non-hydrogen) atoms. The van der Waals surface area contributed by atoms with Crippen molar-refractivity contribution >= 4 is 10.0 Å². The fourth-order valence-corrected chi connectivity index (χ4v) is 4.80. The molecular weight excluding hydrogens is 345 g/mol. The molecule has 134 valence electrons. The summed E-state index contributed by atoms with van der Waals surface area (Å²) < 4.78 is 51.1. The van der Waals surface area contributed by atoms with E-state index in [4.69, 9.17) is 9.47 Å². The fraction of sp³-hybridized carbons (Fsp3) is 0.333. The Kier molecular flexibility index (Phi) is 4.71. The maximum absolute atomic E-state index is 13.1. The van der Waals surface area contributed by atoms with Crippen molar-refractivity contribution in [3.05, 3.63) is 53.3 Å². The largest absolute Gasteiger partial charge is 0.493 e. The second-order valence-electron chi connectivity index (χ2n) is 5.90. The first-order chi connectivity index (χ1) is 11.9. The van der Waals surface area contributed by atoms with Gasteiger partial charge in [-0.1, -0.05) is 0 Å². The molecule has 1 atom stereocenters. The number of sulfonamides is 1. The monoisotopic (exact) mass is 365 g/mol. The SMILES string of the molecule is COc1cc2c(cc1OC)C(C)N(S(=O)(=O)c1ccc(F)cc1)CC2. The summed E-state index contributed by atoms with van der Waals surface area (Å²) in [5.41, 5.74) is 1.92. The molecule has 1 aliphatic rings. The highest BCUT2D eigenvalue weighted by Crippen LogP contribution is 2.39. The zero-order valence-electron chi connectivity index (χ0n) is 14.3. The average Bonchev–Trinajstić information content (AvgIpc) is 2.61. The van der Waals surface area contributed by atoms with Crippen molar-refractivity contribution in [1.82, 2.24) is 4.31 Å². The van der Waals surface area contributed by atoms with Gasteiger partial charge in [0.1, 0.15) is 5.82 Å². The molecule has 0 fully saturated rings.